The molecule has 0 saturated heterocycles. The van der Waals surface area contributed by atoms with E-state index in [-0.39, 0.29) is 18.3 Å². The number of hydrogen-bond acceptors (Lipinski definition) is 4. The van der Waals surface area contributed by atoms with E-state index in [1.54, 1.807) is 6.08 Å². The van der Waals surface area contributed by atoms with E-state index in [4.69, 9.17) is 10.3 Å². The highest BCUT2D eigenvalue weighted by molar-refractivity contribution is 5.88. The van der Waals surface area contributed by atoms with E-state index >= 15 is 0 Å². The van der Waals surface area contributed by atoms with E-state index in [0.717, 1.165) is 0 Å². The molecule has 0 saturated carbocycles. The fraction of sp³-hybridized carbons (Fsp3) is 0.769. The number of aliphatic hydroxyl groups excluding tert-OH is 1. The Morgan fingerprint density at radius 2 is 2.21 bits per heavy atom. The summed E-state index contributed by atoms with van der Waals surface area (Å²) in [6, 6.07) is -0.615. The van der Waals surface area contributed by atoms with Gasteiger partial charge < -0.3 is 9.84 Å². The maximum Gasteiger partial charge on any atom is 0.333 e. The van der Waals surface area contributed by atoms with Gasteiger partial charge in [-0.15, -0.1) is 0 Å². The van der Waals surface area contributed by atoms with Crippen LogP contribution in [-0.4, -0.2) is 30.3 Å². The number of aliphatic hydroxyl groups is 1. The molecule has 19 heavy (non-hydrogen) atoms. The van der Waals surface area contributed by atoms with Gasteiger partial charge in [0.1, 0.15) is 0 Å². The molecule has 0 aromatic heterocycles. The van der Waals surface area contributed by atoms with E-state index < -0.39 is 18.1 Å². The predicted octanol–water partition coefficient (Wildman–Crippen LogP) is 2.44. The molecule has 6 nitrogen and oxygen atoms in total. The van der Waals surface area contributed by atoms with Crippen LogP contribution in [0.15, 0.2) is 16.8 Å². The summed E-state index contributed by atoms with van der Waals surface area (Å²) in [7, 11) is 1.32. The van der Waals surface area contributed by atoms with Gasteiger partial charge in [0.05, 0.1) is 19.3 Å². The smallest absolute Gasteiger partial charge is 0.333 e. The summed E-state index contributed by atoms with van der Waals surface area (Å²) in [5.74, 6) is -0.115. The first kappa shape index (κ1) is 15.5. The van der Waals surface area contributed by atoms with Gasteiger partial charge in [-0.25, -0.2) is 4.79 Å². The van der Waals surface area contributed by atoms with Gasteiger partial charge in [-0.1, -0.05) is 32.0 Å². The van der Waals surface area contributed by atoms with Crippen LogP contribution >= 0.6 is 0 Å². The SMILES string of the molecule is COC(=O)C1=CC(C(C)C(C)C)C(O)C(N=[N+]=[N-])C1. The standard InChI is InChI=1S/C13H21N3O3/c1-7(2)8(3)10-5-9(13(18)19-4)6-11(12(10)17)15-16-14/h5,7-8,10-12,17H,6H2,1-4H3. The molecule has 0 bridgehead atoms. The minimum atomic E-state index is -0.762. The van der Waals surface area contributed by atoms with Crippen LogP contribution in [0.5, 0.6) is 0 Å². The molecule has 0 spiro atoms. The van der Waals surface area contributed by atoms with Gasteiger partial charge in [-0.05, 0) is 23.8 Å². The molecule has 4 atom stereocenters. The van der Waals surface area contributed by atoms with E-state index in [1.165, 1.54) is 7.11 Å². The minimum Gasteiger partial charge on any atom is -0.466 e. The van der Waals surface area contributed by atoms with E-state index in [2.05, 4.69) is 23.9 Å². The summed E-state index contributed by atoms with van der Waals surface area (Å²) in [4.78, 5) is 14.4. The van der Waals surface area contributed by atoms with Gasteiger partial charge in [-0.2, -0.15) is 0 Å². The van der Waals surface area contributed by atoms with Gasteiger partial charge in [0, 0.05) is 16.4 Å². The molecular weight excluding hydrogens is 246 g/mol. The van der Waals surface area contributed by atoms with Crippen molar-refractivity contribution in [2.45, 2.75) is 39.3 Å². The summed E-state index contributed by atoms with van der Waals surface area (Å²) in [6.45, 7) is 6.13. The molecule has 1 aliphatic carbocycles. The van der Waals surface area contributed by atoms with Crippen LogP contribution in [-0.2, 0) is 9.53 Å². The van der Waals surface area contributed by atoms with Gasteiger partial charge >= 0.3 is 5.97 Å². The average molecular weight is 267 g/mol. The Morgan fingerprint density at radius 3 is 2.68 bits per heavy atom. The largest absolute Gasteiger partial charge is 0.466 e. The summed E-state index contributed by atoms with van der Waals surface area (Å²) in [5.41, 5.74) is 9.04. The van der Waals surface area contributed by atoms with Crippen molar-refractivity contribution in [1.29, 1.82) is 0 Å². The van der Waals surface area contributed by atoms with Crippen molar-refractivity contribution in [1.82, 2.24) is 0 Å². The summed E-state index contributed by atoms with van der Waals surface area (Å²) in [6.07, 6.45) is 1.23. The maximum absolute atomic E-state index is 11.7. The van der Waals surface area contributed by atoms with Crippen LogP contribution in [0.4, 0.5) is 0 Å². The second-order valence-corrected chi connectivity index (χ2v) is 5.33. The average Bonchev–Trinajstić information content (AvgIpc) is 2.39. The lowest BCUT2D eigenvalue weighted by Gasteiger charge is -2.35. The number of rotatable bonds is 4. The molecule has 1 aliphatic rings. The number of nitrogens with zero attached hydrogens (tertiary/aromatic N) is 3. The lowest BCUT2D eigenvalue weighted by atomic mass is 9.74. The third-order valence-electron chi connectivity index (χ3n) is 3.92. The monoisotopic (exact) mass is 267 g/mol. The Morgan fingerprint density at radius 1 is 1.58 bits per heavy atom. The predicted molar refractivity (Wildman–Crippen MR) is 71.1 cm³/mol. The lowest BCUT2D eigenvalue weighted by Crippen LogP contribution is -2.40. The van der Waals surface area contributed by atoms with Crippen molar-refractivity contribution >= 4 is 5.97 Å². The molecule has 1 N–H and O–H groups in total. The highest BCUT2D eigenvalue weighted by atomic mass is 16.5. The number of methoxy groups -OCH3 is 1. The molecule has 106 valence electrons. The topological polar surface area (TPSA) is 95.3 Å². The second-order valence-electron chi connectivity index (χ2n) is 5.33. The van der Waals surface area contributed by atoms with E-state index in [1.807, 2.05) is 6.92 Å². The van der Waals surface area contributed by atoms with Crippen molar-refractivity contribution < 1.29 is 14.6 Å². The highest BCUT2D eigenvalue weighted by Gasteiger charge is 2.37. The Bertz CT molecular complexity index is 413. The maximum atomic E-state index is 11.7. The molecule has 0 fully saturated rings. The second kappa shape index (κ2) is 6.59. The Labute approximate surface area is 113 Å². The van der Waals surface area contributed by atoms with Crippen LogP contribution in [0.25, 0.3) is 10.4 Å². The number of carbonyl (C=O) groups excluding carboxylic acids is 1. The molecule has 0 aromatic carbocycles. The molecule has 0 aliphatic heterocycles. The number of carbonyl (C=O) groups is 1. The summed E-state index contributed by atoms with van der Waals surface area (Å²) >= 11 is 0. The zero-order chi connectivity index (χ0) is 14.6. The van der Waals surface area contributed by atoms with Crippen LogP contribution < -0.4 is 0 Å². The van der Waals surface area contributed by atoms with Crippen molar-refractivity contribution in [3.63, 3.8) is 0 Å². The normalized spacial score (nSPS) is 28.3. The fourth-order valence-corrected chi connectivity index (χ4v) is 2.37. The zero-order valence-corrected chi connectivity index (χ0v) is 11.8. The van der Waals surface area contributed by atoms with Crippen LogP contribution in [0, 0.1) is 17.8 Å². The van der Waals surface area contributed by atoms with Crippen molar-refractivity contribution in [3.8, 4) is 0 Å². The Kier molecular flexibility index (Phi) is 5.39. The Balaban J connectivity index is 3.10. The molecule has 0 radical (unpaired) electrons. The fourth-order valence-electron chi connectivity index (χ4n) is 2.37. The number of esters is 1. The molecule has 4 unspecified atom stereocenters. The van der Waals surface area contributed by atoms with Gasteiger partial charge in [-0.3, -0.25) is 0 Å². The Hall–Kier alpha value is -1.52. The van der Waals surface area contributed by atoms with Crippen molar-refractivity contribution in [2.75, 3.05) is 7.11 Å². The number of hydrogen-bond donors (Lipinski definition) is 1. The van der Waals surface area contributed by atoms with E-state index in [9.17, 15) is 9.90 Å². The number of ether oxygens (including phenoxy) is 1. The van der Waals surface area contributed by atoms with Crippen LogP contribution in [0.3, 0.4) is 0 Å². The number of azide groups is 1. The first-order chi connectivity index (χ1) is 8.92. The quantitative estimate of drug-likeness (QED) is 0.366. The first-order valence-electron chi connectivity index (χ1n) is 6.43. The van der Waals surface area contributed by atoms with Gasteiger partial charge in [0.2, 0.25) is 0 Å². The highest BCUT2D eigenvalue weighted by Crippen LogP contribution is 2.34. The molecule has 6 heteroatoms. The van der Waals surface area contributed by atoms with E-state index in [0.29, 0.717) is 11.5 Å². The molecule has 0 heterocycles. The third-order valence-corrected chi connectivity index (χ3v) is 3.92. The van der Waals surface area contributed by atoms with Crippen LogP contribution in [0.2, 0.25) is 0 Å². The molecule has 1 rings (SSSR count). The van der Waals surface area contributed by atoms with Gasteiger partial charge in [0.25, 0.3) is 0 Å². The zero-order valence-electron chi connectivity index (χ0n) is 11.8. The van der Waals surface area contributed by atoms with Crippen molar-refractivity contribution in [3.05, 3.63) is 22.1 Å². The molecule has 0 aromatic rings. The molecule has 0 amide bonds. The minimum absolute atomic E-state index is 0.173. The van der Waals surface area contributed by atoms with Crippen LogP contribution in [0.1, 0.15) is 27.2 Å². The lowest BCUT2D eigenvalue weighted by molar-refractivity contribution is -0.136. The van der Waals surface area contributed by atoms with Gasteiger partial charge in [0.15, 0.2) is 0 Å². The summed E-state index contributed by atoms with van der Waals surface area (Å²) in [5, 5.41) is 13.9. The first-order valence-corrected chi connectivity index (χ1v) is 6.43. The third kappa shape index (κ3) is 3.49. The summed E-state index contributed by atoms with van der Waals surface area (Å²) < 4.78 is 4.72. The van der Waals surface area contributed by atoms with Crippen molar-refractivity contribution in [2.24, 2.45) is 22.9 Å². The molecular formula is C13H21N3O3.